The van der Waals surface area contributed by atoms with Gasteiger partial charge in [-0.15, -0.1) is 0 Å². The molecule has 0 saturated heterocycles. The van der Waals surface area contributed by atoms with Gasteiger partial charge in [0.05, 0.1) is 5.92 Å². The molecule has 0 amide bonds. The third kappa shape index (κ3) is 3.71. The lowest BCUT2D eigenvalue weighted by atomic mass is 9.75. The van der Waals surface area contributed by atoms with Crippen LogP contribution in [0, 0.1) is 11.8 Å². The summed E-state index contributed by atoms with van der Waals surface area (Å²) < 4.78 is 0. The van der Waals surface area contributed by atoms with Crippen LogP contribution in [0.25, 0.3) is 0 Å². The molecule has 18 heavy (non-hydrogen) atoms. The lowest BCUT2D eigenvalue weighted by Gasteiger charge is -2.42. The first-order chi connectivity index (χ1) is 8.51. The van der Waals surface area contributed by atoms with E-state index in [1.807, 2.05) is 0 Å². The van der Waals surface area contributed by atoms with Crippen LogP contribution >= 0.6 is 0 Å². The third-order valence-corrected chi connectivity index (χ3v) is 4.39. The molecule has 3 atom stereocenters. The van der Waals surface area contributed by atoms with Crippen molar-refractivity contribution in [3.63, 3.8) is 0 Å². The first-order valence-electron chi connectivity index (χ1n) is 7.49. The molecule has 1 rings (SSSR count). The van der Waals surface area contributed by atoms with Gasteiger partial charge in [-0.2, -0.15) is 0 Å². The number of hydrogen-bond donors (Lipinski definition) is 1. The maximum Gasteiger partial charge on any atom is 0.308 e. The van der Waals surface area contributed by atoms with Crippen molar-refractivity contribution in [1.29, 1.82) is 0 Å². The van der Waals surface area contributed by atoms with Gasteiger partial charge in [-0.1, -0.05) is 26.7 Å². The highest BCUT2D eigenvalue weighted by molar-refractivity contribution is 5.71. The van der Waals surface area contributed by atoms with Crippen LogP contribution in [0.2, 0.25) is 0 Å². The van der Waals surface area contributed by atoms with Gasteiger partial charge in [-0.3, -0.25) is 9.69 Å². The van der Waals surface area contributed by atoms with Gasteiger partial charge in [0, 0.05) is 12.1 Å². The van der Waals surface area contributed by atoms with E-state index in [-0.39, 0.29) is 12.0 Å². The van der Waals surface area contributed by atoms with Crippen molar-refractivity contribution in [3.05, 3.63) is 0 Å². The van der Waals surface area contributed by atoms with E-state index in [9.17, 15) is 9.90 Å². The minimum atomic E-state index is -0.603. The average Bonchev–Trinajstić information content (AvgIpc) is 2.29. The summed E-state index contributed by atoms with van der Waals surface area (Å²) in [4.78, 5) is 13.8. The Labute approximate surface area is 112 Å². The Morgan fingerprint density at radius 3 is 2.44 bits per heavy atom. The van der Waals surface area contributed by atoms with Crippen LogP contribution < -0.4 is 0 Å². The number of nitrogens with zero attached hydrogens (tertiary/aromatic N) is 1. The molecule has 1 N–H and O–H groups in total. The molecule has 0 radical (unpaired) electrons. The molecule has 0 aliphatic heterocycles. The van der Waals surface area contributed by atoms with Gasteiger partial charge in [0.2, 0.25) is 0 Å². The van der Waals surface area contributed by atoms with Crippen molar-refractivity contribution in [2.75, 3.05) is 6.54 Å². The fraction of sp³-hybridized carbons (Fsp3) is 0.933. The smallest absolute Gasteiger partial charge is 0.308 e. The predicted molar refractivity (Wildman–Crippen MR) is 74.7 cm³/mol. The standard InChI is InChI=1S/C15H29NO2/c1-5-7-12-8-9-13(15(17)18)14(10-12)16(6-2)11(3)4/h11-14H,5-10H2,1-4H3,(H,17,18). The Bertz CT molecular complexity index is 265. The molecule has 0 aromatic rings. The molecule has 3 heteroatoms. The summed E-state index contributed by atoms with van der Waals surface area (Å²) in [7, 11) is 0. The van der Waals surface area contributed by atoms with E-state index in [0.717, 1.165) is 31.7 Å². The van der Waals surface area contributed by atoms with Gasteiger partial charge >= 0.3 is 5.97 Å². The van der Waals surface area contributed by atoms with Crippen LogP contribution in [0.3, 0.4) is 0 Å². The predicted octanol–water partition coefficient (Wildman–Crippen LogP) is 3.39. The maximum absolute atomic E-state index is 11.4. The molecule has 106 valence electrons. The molecule has 0 bridgehead atoms. The number of hydrogen-bond acceptors (Lipinski definition) is 2. The maximum atomic E-state index is 11.4. The van der Waals surface area contributed by atoms with E-state index >= 15 is 0 Å². The number of carbonyl (C=O) groups is 1. The minimum absolute atomic E-state index is 0.166. The highest BCUT2D eigenvalue weighted by atomic mass is 16.4. The molecule has 0 aromatic carbocycles. The van der Waals surface area contributed by atoms with Gasteiger partial charge in [0.25, 0.3) is 0 Å². The fourth-order valence-electron chi connectivity index (χ4n) is 3.54. The van der Waals surface area contributed by atoms with Crippen LogP contribution in [0.5, 0.6) is 0 Å². The van der Waals surface area contributed by atoms with Crippen LogP contribution in [0.1, 0.15) is 59.8 Å². The van der Waals surface area contributed by atoms with Crippen molar-refractivity contribution in [2.24, 2.45) is 11.8 Å². The van der Waals surface area contributed by atoms with Crippen LogP contribution in [-0.2, 0) is 4.79 Å². The topological polar surface area (TPSA) is 40.5 Å². The van der Waals surface area contributed by atoms with E-state index in [4.69, 9.17) is 0 Å². The summed E-state index contributed by atoms with van der Waals surface area (Å²) in [5.41, 5.74) is 0. The molecule has 3 nitrogen and oxygen atoms in total. The van der Waals surface area contributed by atoms with Crippen LogP contribution in [0.4, 0.5) is 0 Å². The van der Waals surface area contributed by atoms with E-state index in [1.165, 1.54) is 12.8 Å². The Kier molecular flexibility index (Phi) is 6.13. The van der Waals surface area contributed by atoms with Gasteiger partial charge in [-0.05, 0) is 45.6 Å². The Morgan fingerprint density at radius 2 is 2.00 bits per heavy atom. The average molecular weight is 255 g/mol. The summed E-state index contributed by atoms with van der Waals surface area (Å²) in [6.07, 6.45) is 5.48. The van der Waals surface area contributed by atoms with Crippen molar-refractivity contribution in [3.8, 4) is 0 Å². The second kappa shape index (κ2) is 7.13. The van der Waals surface area contributed by atoms with Gasteiger partial charge < -0.3 is 5.11 Å². The molecule has 1 aliphatic rings. The van der Waals surface area contributed by atoms with E-state index < -0.39 is 5.97 Å². The fourth-order valence-corrected chi connectivity index (χ4v) is 3.54. The molecule has 3 unspecified atom stereocenters. The zero-order valence-corrected chi connectivity index (χ0v) is 12.4. The van der Waals surface area contributed by atoms with E-state index in [0.29, 0.717) is 6.04 Å². The molecular weight excluding hydrogens is 226 g/mol. The van der Waals surface area contributed by atoms with Crippen molar-refractivity contribution in [1.82, 2.24) is 4.90 Å². The lowest BCUT2D eigenvalue weighted by molar-refractivity contribution is -0.146. The molecule has 1 saturated carbocycles. The second-order valence-corrected chi connectivity index (χ2v) is 5.90. The van der Waals surface area contributed by atoms with E-state index in [2.05, 4.69) is 32.6 Å². The van der Waals surface area contributed by atoms with Crippen molar-refractivity contribution >= 4 is 5.97 Å². The summed E-state index contributed by atoms with van der Waals surface area (Å²) in [5, 5.41) is 9.42. The minimum Gasteiger partial charge on any atom is -0.481 e. The lowest BCUT2D eigenvalue weighted by Crippen LogP contribution is -2.49. The summed E-state index contributed by atoms with van der Waals surface area (Å²) in [5.74, 6) is -0.0436. The third-order valence-electron chi connectivity index (χ3n) is 4.39. The number of aliphatic carboxylic acids is 1. The molecule has 1 fully saturated rings. The van der Waals surface area contributed by atoms with Crippen molar-refractivity contribution in [2.45, 2.75) is 71.9 Å². The number of carboxylic acids is 1. The zero-order valence-electron chi connectivity index (χ0n) is 12.4. The molecule has 0 heterocycles. The van der Waals surface area contributed by atoms with Crippen molar-refractivity contribution < 1.29 is 9.90 Å². The monoisotopic (exact) mass is 255 g/mol. The summed E-state index contributed by atoms with van der Waals surface area (Å²) >= 11 is 0. The Hall–Kier alpha value is -0.570. The number of carboxylic acid groups (broad SMARTS) is 1. The second-order valence-electron chi connectivity index (χ2n) is 5.90. The molecular formula is C15H29NO2. The highest BCUT2D eigenvalue weighted by Gasteiger charge is 2.38. The first kappa shape index (κ1) is 15.5. The van der Waals surface area contributed by atoms with Crippen LogP contribution in [0.15, 0.2) is 0 Å². The molecule has 0 aromatic heterocycles. The Balaban J connectivity index is 2.79. The molecule has 1 aliphatic carbocycles. The zero-order chi connectivity index (χ0) is 13.7. The summed E-state index contributed by atoms with van der Waals surface area (Å²) in [6.45, 7) is 9.66. The van der Waals surface area contributed by atoms with Gasteiger partial charge in [-0.25, -0.2) is 0 Å². The quantitative estimate of drug-likeness (QED) is 0.791. The van der Waals surface area contributed by atoms with Gasteiger partial charge in [0.15, 0.2) is 0 Å². The van der Waals surface area contributed by atoms with Crippen LogP contribution in [-0.4, -0.2) is 34.6 Å². The number of rotatable bonds is 6. The van der Waals surface area contributed by atoms with Gasteiger partial charge in [0.1, 0.15) is 0 Å². The highest BCUT2D eigenvalue weighted by Crippen LogP contribution is 2.35. The van der Waals surface area contributed by atoms with E-state index in [1.54, 1.807) is 0 Å². The normalized spacial score (nSPS) is 28.9. The summed E-state index contributed by atoms with van der Waals surface area (Å²) in [6, 6.07) is 0.667. The SMILES string of the molecule is CCCC1CCC(C(=O)O)C(N(CC)C(C)C)C1. The largest absolute Gasteiger partial charge is 0.481 e. The molecule has 0 spiro atoms. The first-order valence-corrected chi connectivity index (χ1v) is 7.49. The Morgan fingerprint density at radius 1 is 1.33 bits per heavy atom.